The standard InChI is InChI=1S/C13H18ClNO2S/c1-17-8-7-15-13(16)6-9-18-10-11-4-2-3-5-12(11)14/h2-5H,6-10H2,1H3,(H,15,16). The number of ether oxygens (including phenoxy) is 1. The van der Waals surface area contributed by atoms with Crippen LogP contribution in [0.1, 0.15) is 12.0 Å². The van der Waals surface area contributed by atoms with Gasteiger partial charge in [0, 0.05) is 36.6 Å². The van der Waals surface area contributed by atoms with E-state index >= 15 is 0 Å². The molecule has 1 amide bonds. The molecule has 0 spiro atoms. The van der Waals surface area contributed by atoms with Crippen LogP contribution in [-0.2, 0) is 15.3 Å². The molecule has 0 aliphatic rings. The van der Waals surface area contributed by atoms with Crippen molar-refractivity contribution in [2.75, 3.05) is 26.0 Å². The molecule has 100 valence electrons. The first-order chi connectivity index (χ1) is 8.74. The molecule has 5 heteroatoms. The number of carbonyl (C=O) groups excluding carboxylic acids is 1. The predicted molar refractivity (Wildman–Crippen MR) is 77.1 cm³/mol. The van der Waals surface area contributed by atoms with Gasteiger partial charge >= 0.3 is 0 Å². The monoisotopic (exact) mass is 287 g/mol. The summed E-state index contributed by atoms with van der Waals surface area (Å²) in [4.78, 5) is 11.4. The molecule has 1 rings (SSSR count). The first-order valence-electron chi connectivity index (χ1n) is 5.81. The number of carbonyl (C=O) groups is 1. The van der Waals surface area contributed by atoms with Crippen LogP contribution >= 0.6 is 23.4 Å². The lowest BCUT2D eigenvalue weighted by Crippen LogP contribution is -2.27. The van der Waals surface area contributed by atoms with Gasteiger partial charge in [-0.15, -0.1) is 0 Å². The fraction of sp³-hybridized carbons (Fsp3) is 0.462. The summed E-state index contributed by atoms with van der Waals surface area (Å²) in [5.41, 5.74) is 1.11. The van der Waals surface area contributed by atoms with E-state index in [1.807, 2.05) is 24.3 Å². The Labute approximate surface area is 117 Å². The predicted octanol–water partition coefficient (Wildman–Crippen LogP) is 2.73. The third kappa shape index (κ3) is 6.28. The van der Waals surface area contributed by atoms with Crippen molar-refractivity contribution in [1.82, 2.24) is 5.32 Å². The average Bonchev–Trinajstić information content (AvgIpc) is 2.37. The lowest BCUT2D eigenvalue weighted by atomic mass is 10.2. The highest BCUT2D eigenvalue weighted by Gasteiger charge is 2.02. The molecule has 1 aromatic rings. The van der Waals surface area contributed by atoms with Crippen LogP contribution in [0.2, 0.25) is 5.02 Å². The molecule has 3 nitrogen and oxygen atoms in total. The van der Waals surface area contributed by atoms with Crippen molar-refractivity contribution in [3.8, 4) is 0 Å². The maximum atomic E-state index is 11.4. The molecule has 0 aliphatic heterocycles. The Kier molecular flexibility index (Phi) is 7.89. The highest BCUT2D eigenvalue weighted by Crippen LogP contribution is 2.20. The van der Waals surface area contributed by atoms with Gasteiger partial charge in [-0.1, -0.05) is 29.8 Å². The first-order valence-corrected chi connectivity index (χ1v) is 7.34. The van der Waals surface area contributed by atoms with Crippen molar-refractivity contribution < 1.29 is 9.53 Å². The molecular formula is C13H18ClNO2S. The summed E-state index contributed by atoms with van der Waals surface area (Å²) in [6.07, 6.45) is 0.527. The topological polar surface area (TPSA) is 38.3 Å². The van der Waals surface area contributed by atoms with Gasteiger partial charge < -0.3 is 10.1 Å². The molecule has 0 bridgehead atoms. The van der Waals surface area contributed by atoms with E-state index in [0.717, 1.165) is 22.1 Å². The molecule has 0 saturated heterocycles. The second-order valence-corrected chi connectivity index (χ2v) is 5.25. The Balaban J connectivity index is 2.12. The Morgan fingerprint density at radius 1 is 1.44 bits per heavy atom. The number of thioether (sulfide) groups is 1. The van der Waals surface area contributed by atoms with Gasteiger partial charge in [-0.3, -0.25) is 4.79 Å². The van der Waals surface area contributed by atoms with Crippen molar-refractivity contribution in [3.05, 3.63) is 34.9 Å². The quantitative estimate of drug-likeness (QED) is 0.747. The van der Waals surface area contributed by atoms with Gasteiger partial charge in [0.15, 0.2) is 0 Å². The second-order valence-electron chi connectivity index (χ2n) is 3.74. The fourth-order valence-electron chi connectivity index (χ4n) is 1.34. The lowest BCUT2D eigenvalue weighted by molar-refractivity contribution is -0.120. The summed E-state index contributed by atoms with van der Waals surface area (Å²) in [5, 5.41) is 3.58. The van der Waals surface area contributed by atoms with E-state index in [4.69, 9.17) is 16.3 Å². The molecule has 0 atom stereocenters. The maximum absolute atomic E-state index is 11.4. The smallest absolute Gasteiger partial charge is 0.220 e. The molecule has 0 fully saturated rings. The zero-order valence-corrected chi connectivity index (χ0v) is 12.0. The van der Waals surface area contributed by atoms with Crippen molar-refractivity contribution in [2.24, 2.45) is 0 Å². The molecule has 0 unspecified atom stereocenters. The van der Waals surface area contributed by atoms with Gasteiger partial charge in [-0.2, -0.15) is 11.8 Å². The van der Waals surface area contributed by atoms with E-state index in [-0.39, 0.29) is 5.91 Å². The van der Waals surface area contributed by atoms with Gasteiger partial charge in [-0.25, -0.2) is 0 Å². The molecule has 0 aromatic heterocycles. The van der Waals surface area contributed by atoms with E-state index in [2.05, 4.69) is 5.32 Å². The zero-order chi connectivity index (χ0) is 13.2. The third-order valence-corrected chi connectivity index (χ3v) is 3.69. The zero-order valence-electron chi connectivity index (χ0n) is 10.4. The van der Waals surface area contributed by atoms with Crippen molar-refractivity contribution in [1.29, 1.82) is 0 Å². The normalized spacial score (nSPS) is 10.3. The average molecular weight is 288 g/mol. The number of rotatable bonds is 8. The van der Waals surface area contributed by atoms with Crippen LogP contribution in [0, 0.1) is 0 Å². The minimum absolute atomic E-state index is 0.0682. The SMILES string of the molecule is COCCNC(=O)CCSCc1ccccc1Cl. The Bertz CT molecular complexity index is 374. The highest BCUT2D eigenvalue weighted by molar-refractivity contribution is 7.98. The van der Waals surface area contributed by atoms with Crippen LogP contribution in [0.4, 0.5) is 0 Å². The summed E-state index contributed by atoms with van der Waals surface area (Å²) in [7, 11) is 1.62. The van der Waals surface area contributed by atoms with Crippen LogP contribution in [0.3, 0.4) is 0 Å². The van der Waals surface area contributed by atoms with Gasteiger partial charge in [0.05, 0.1) is 6.61 Å². The Morgan fingerprint density at radius 3 is 2.94 bits per heavy atom. The third-order valence-electron chi connectivity index (χ3n) is 2.32. The molecule has 1 aromatic carbocycles. The molecule has 0 radical (unpaired) electrons. The van der Waals surface area contributed by atoms with Crippen LogP contribution in [0.5, 0.6) is 0 Å². The van der Waals surface area contributed by atoms with Gasteiger partial charge in [0.1, 0.15) is 0 Å². The molecule has 18 heavy (non-hydrogen) atoms. The Hall–Kier alpha value is -0.710. The van der Waals surface area contributed by atoms with Crippen LogP contribution in [0.15, 0.2) is 24.3 Å². The summed E-state index contributed by atoms with van der Waals surface area (Å²) < 4.78 is 4.85. The van der Waals surface area contributed by atoms with Crippen molar-refractivity contribution in [2.45, 2.75) is 12.2 Å². The van der Waals surface area contributed by atoms with Gasteiger partial charge in [0.2, 0.25) is 5.91 Å². The van der Waals surface area contributed by atoms with Crippen molar-refractivity contribution in [3.63, 3.8) is 0 Å². The summed E-state index contributed by atoms with van der Waals surface area (Å²) in [6.45, 7) is 1.13. The number of nitrogens with one attached hydrogen (secondary N) is 1. The minimum atomic E-state index is 0.0682. The molecule has 0 heterocycles. The second kappa shape index (κ2) is 9.25. The number of halogens is 1. The number of methoxy groups -OCH3 is 1. The van der Waals surface area contributed by atoms with Gasteiger partial charge in [-0.05, 0) is 11.6 Å². The minimum Gasteiger partial charge on any atom is -0.383 e. The van der Waals surface area contributed by atoms with Crippen LogP contribution in [0.25, 0.3) is 0 Å². The largest absolute Gasteiger partial charge is 0.383 e. The fourth-order valence-corrected chi connectivity index (χ4v) is 2.57. The van der Waals surface area contributed by atoms with Gasteiger partial charge in [0.25, 0.3) is 0 Å². The summed E-state index contributed by atoms with van der Waals surface area (Å²) in [6, 6.07) is 7.78. The number of hydrogen-bond acceptors (Lipinski definition) is 3. The van der Waals surface area contributed by atoms with Crippen molar-refractivity contribution >= 4 is 29.3 Å². The highest BCUT2D eigenvalue weighted by atomic mass is 35.5. The number of amides is 1. The van der Waals surface area contributed by atoms with E-state index in [1.165, 1.54) is 0 Å². The Morgan fingerprint density at radius 2 is 2.22 bits per heavy atom. The maximum Gasteiger partial charge on any atom is 0.220 e. The lowest BCUT2D eigenvalue weighted by Gasteiger charge is -2.05. The summed E-state index contributed by atoms with van der Waals surface area (Å²) in [5.74, 6) is 1.70. The molecule has 0 saturated carbocycles. The van der Waals surface area contributed by atoms with Crippen LogP contribution in [-0.4, -0.2) is 31.9 Å². The van der Waals surface area contributed by atoms with E-state index in [9.17, 15) is 4.79 Å². The van der Waals surface area contributed by atoms with Crippen LogP contribution < -0.4 is 5.32 Å². The molecule has 1 N–H and O–H groups in total. The summed E-state index contributed by atoms with van der Waals surface area (Å²) >= 11 is 7.76. The number of hydrogen-bond donors (Lipinski definition) is 1. The van der Waals surface area contributed by atoms with E-state index in [0.29, 0.717) is 19.6 Å². The van der Waals surface area contributed by atoms with E-state index < -0.39 is 0 Å². The first kappa shape index (κ1) is 15.3. The molecular weight excluding hydrogens is 270 g/mol. The van der Waals surface area contributed by atoms with E-state index in [1.54, 1.807) is 18.9 Å². The number of benzene rings is 1. The molecule has 0 aliphatic carbocycles.